The SMILES string of the molecule is CC(C)[Si](C(C)C)(C(C)C)n1cc(B2OC(C)(C)C(C)(C)O2)c2c(C#N)cccc21. The molecule has 162 valence electrons. The minimum absolute atomic E-state index is 0.420. The highest BCUT2D eigenvalue weighted by atomic mass is 28.3. The highest BCUT2D eigenvalue weighted by molar-refractivity contribution is 6.83. The van der Waals surface area contributed by atoms with E-state index in [0.29, 0.717) is 22.2 Å². The molecule has 0 bridgehead atoms. The zero-order chi connectivity index (χ0) is 22.6. The Bertz CT molecular complexity index is 947. The van der Waals surface area contributed by atoms with Crippen LogP contribution in [0.2, 0.25) is 16.6 Å². The van der Waals surface area contributed by atoms with Crippen LogP contribution in [0.1, 0.15) is 74.8 Å². The first-order chi connectivity index (χ1) is 13.8. The Morgan fingerprint density at radius 2 is 1.43 bits per heavy atom. The van der Waals surface area contributed by atoms with Gasteiger partial charge in [0, 0.05) is 16.4 Å². The molecule has 0 radical (unpaired) electrons. The van der Waals surface area contributed by atoms with Crippen LogP contribution in [0.4, 0.5) is 0 Å². The number of aromatic nitrogens is 1. The Labute approximate surface area is 183 Å². The van der Waals surface area contributed by atoms with E-state index in [1.807, 2.05) is 12.1 Å². The smallest absolute Gasteiger partial charge is 0.399 e. The molecule has 1 saturated heterocycles. The molecule has 30 heavy (non-hydrogen) atoms. The van der Waals surface area contributed by atoms with Crippen molar-refractivity contribution in [1.82, 2.24) is 4.23 Å². The molecule has 0 amide bonds. The molecule has 1 aliphatic rings. The predicted octanol–water partition coefficient (Wildman–Crippen LogP) is 5.84. The molecule has 2 heterocycles. The van der Waals surface area contributed by atoms with Gasteiger partial charge in [-0.1, -0.05) is 47.6 Å². The molecule has 0 aliphatic carbocycles. The highest BCUT2D eigenvalue weighted by Crippen LogP contribution is 2.45. The molecule has 1 aromatic carbocycles. The summed E-state index contributed by atoms with van der Waals surface area (Å²) in [5.41, 5.74) is 3.61. The number of hydrogen-bond acceptors (Lipinski definition) is 3. The lowest BCUT2D eigenvalue weighted by Gasteiger charge is -2.44. The molecular formula is C24H37BN2O2Si. The van der Waals surface area contributed by atoms with Gasteiger partial charge in [0.2, 0.25) is 0 Å². The van der Waals surface area contributed by atoms with Gasteiger partial charge < -0.3 is 13.5 Å². The van der Waals surface area contributed by atoms with Crippen LogP contribution >= 0.6 is 0 Å². The van der Waals surface area contributed by atoms with Crippen molar-refractivity contribution < 1.29 is 9.31 Å². The molecule has 0 unspecified atom stereocenters. The maximum Gasteiger partial charge on any atom is 0.497 e. The second-order valence-corrected chi connectivity index (χ2v) is 16.4. The van der Waals surface area contributed by atoms with E-state index < -0.39 is 26.6 Å². The van der Waals surface area contributed by atoms with E-state index in [1.54, 1.807) is 0 Å². The Morgan fingerprint density at radius 3 is 1.87 bits per heavy atom. The van der Waals surface area contributed by atoms with Crippen molar-refractivity contribution >= 4 is 31.7 Å². The maximum atomic E-state index is 9.92. The third kappa shape index (κ3) is 3.18. The summed E-state index contributed by atoms with van der Waals surface area (Å²) in [4.78, 5) is 0. The van der Waals surface area contributed by atoms with Gasteiger partial charge in [-0.05, 0) is 62.6 Å². The van der Waals surface area contributed by atoms with Crippen LogP contribution in [0.15, 0.2) is 24.4 Å². The normalized spacial score (nSPS) is 18.7. The molecule has 0 N–H and O–H groups in total. The van der Waals surface area contributed by atoms with Gasteiger partial charge in [-0.25, -0.2) is 0 Å². The van der Waals surface area contributed by atoms with Crippen LogP contribution < -0.4 is 5.46 Å². The minimum Gasteiger partial charge on any atom is -0.399 e. The highest BCUT2D eigenvalue weighted by Gasteiger charge is 2.53. The van der Waals surface area contributed by atoms with E-state index in [0.717, 1.165) is 16.4 Å². The molecule has 0 spiro atoms. The van der Waals surface area contributed by atoms with Crippen molar-refractivity contribution in [1.29, 1.82) is 5.26 Å². The van der Waals surface area contributed by atoms with Crippen LogP contribution in [-0.4, -0.2) is 30.8 Å². The number of fused-ring (bicyclic) bond motifs is 1. The van der Waals surface area contributed by atoms with Crippen molar-refractivity contribution in [3.05, 3.63) is 30.0 Å². The molecule has 0 saturated carbocycles. The third-order valence-corrected chi connectivity index (χ3v) is 14.4. The van der Waals surface area contributed by atoms with Gasteiger partial charge in [0.1, 0.15) is 0 Å². The van der Waals surface area contributed by atoms with E-state index in [-0.39, 0.29) is 0 Å². The summed E-state index contributed by atoms with van der Waals surface area (Å²) < 4.78 is 15.4. The van der Waals surface area contributed by atoms with Crippen LogP contribution in [0.5, 0.6) is 0 Å². The monoisotopic (exact) mass is 424 g/mol. The fourth-order valence-corrected chi connectivity index (χ4v) is 12.3. The van der Waals surface area contributed by atoms with Crippen molar-refractivity contribution in [2.45, 2.75) is 97.1 Å². The van der Waals surface area contributed by atoms with Gasteiger partial charge in [-0.15, -0.1) is 0 Å². The molecular weight excluding hydrogens is 387 g/mol. The molecule has 1 aliphatic heterocycles. The average molecular weight is 424 g/mol. The lowest BCUT2D eigenvalue weighted by Crippen LogP contribution is -2.52. The Kier molecular flexibility index (Phi) is 5.82. The molecule has 0 atom stereocenters. The zero-order valence-electron chi connectivity index (χ0n) is 20.3. The molecule has 6 heteroatoms. The Hall–Kier alpha value is -1.55. The summed E-state index contributed by atoms with van der Waals surface area (Å²) in [7, 11) is -2.49. The van der Waals surface area contributed by atoms with Gasteiger partial charge in [-0.2, -0.15) is 5.26 Å². The first-order valence-electron chi connectivity index (χ1n) is 11.2. The summed E-state index contributed by atoms with van der Waals surface area (Å²) >= 11 is 0. The van der Waals surface area contributed by atoms with E-state index >= 15 is 0 Å². The predicted molar refractivity (Wildman–Crippen MR) is 129 cm³/mol. The zero-order valence-corrected chi connectivity index (χ0v) is 21.3. The van der Waals surface area contributed by atoms with Crippen LogP contribution in [-0.2, 0) is 9.31 Å². The van der Waals surface area contributed by atoms with Gasteiger partial charge >= 0.3 is 7.12 Å². The lowest BCUT2D eigenvalue weighted by atomic mass is 9.78. The van der Waals surface area contributed by atoms with Gasteiger partial charge in [0.25, 0.3) is 0 Å². The van der Waals surface area contributed by atoms with Crippen LogP contribution in [0, 0.1) is 11.3 Å². The Balaban J connectivity index is 2.36. The number of hydrogen-bond donors (Lipinski definition) is 0. The lowest BCUT2D eigenvalue weighted by molar-refractivity contribution is 0.00578. The van der Waals surface area contributed by atoms with Crippen molar-refractivity contribution in [3.8, 4) is 6.07 Å². The number of nitriles is 1. The summed E-state index contributed by atoms with van der Waals surface area (Å²) in [6, 6.07) is 8.50. The largest absolute Gasteiger partial charge is 0.497 e. The summed E-state index contributed by atoms with van der Waals surface area (Å²) in [5, 5.41) is 10.9. The van der Waals surface area contributed by atoms with Gasteiger partial charge in [-0.3, -0.25) is 0 Å². The van der Waals surface area contributed by atoms with E-state index in [1.165, 1.54) is 0 Å². The van der Waals surface area contributed by atoms with Crippen molar-refractivity contribution in [2.24, 2.45) is 0 Å². The number of benzene rings is 1. The van der Waals surface area contributed by atoms with E-state index in [9.17, 15) is 5.26 Å². The molecule has 1 fully saturated rings. The second kappa shape index (κ2) is 7.55. The maximum absolute atomic E-state index is 9.92. The molecule has 3 rings (SSSR count). The molecule has 1 aromatic heterocycles. The number of nitrogens with zero attached hydrogens (tertiary/aromatic N) is 2. The van der Waals surface area contributed by atoms with Crippen molar-refractivity contribution in [3.63, 3.8) is 0 Å². The van der Waals surface area contributed by atoms with Crippen LogP contribution in [0.3, 0.4) is 0 Å². The summed E-state index contributed by atoms with van der Waals surface area (Å²) in [6.45, 7) is 22.5. The second-order valence-electron chi connectivity index (χ2n) is 10.7. The van der Waals surface area contributed by atoms with Crippen molar-refractivity contribution in [2.75, 3.05) is 0 Å². The van der Waals surface area contributed by atoms with Gasteiger partial charge in [0.15, 0.2) is 8.24 Å². The average Bonchev–Trinajstić information content (AvgIpc) is 3.09. The van der Waals surface area contributed by atoms with Gasteiger partial charge in [0.05, 0.1) is 22.8 Å². The Morgan fingerprint density at radius 1 is 0.933 bits per heavy atom. The molecule has 4 nitrogen and oxygen atoms in total. The summed E-state index contributed by atoms with van der Waals surface area (Å²) in [5.74, 6) is 0. The fraction of sp³-hybridized carbons (Fsp3) is 0.625. The first-order valence-corrected chi connectivity index (χ1v) is 13.4. The third-order valence-electron chi connectivity index (χ3n) is 7.68. The standard InChI is InChI=1S/C24H37BN2O2Si/c1-16(2)30(17(3)4,18(5)6)27-15-20(22-19(14-26)12-11-13-21(22)27)25-28-23(7,8)24(9,10)29-25/h11-13,15-18H,1-10H3. The van der Waals surface area contributed by atoms with Crippen LogP contribution in [0.25, 0.3) is 10.9 Å². The fourth-order valence-electron chi connectivity index (χ4n) is 5.71. The molecule has 2 aromatic rings. The van der Waals surface area contributed by atoms with E-state index in [4.69, 9.17) is 9.31 Å². The summed E-state index contributed by atoms with van der Waals surface area (Å²) in [6.07, 6.45) is 2.26. The van der Waals surface area contributed by atoms with E-state index in [2.05, 4.69) is 91.8 Å². The minimum atomic E-state index is -2.01. The first kappa shape index (κ1) is 23.1. The topological polar surface area (TPSA) is 47.2 Å². The number of rotatable bonds is 5. The quantitative estimate of drug-likeness (QED) is 0.567.